The van der Waals surface area contributed by atoms with Crippen molar-refractivity contribution in [1.29, 1.82) is 0 Å². The number of ether oxygens (including phenoxy) is 4. The summed E-state index contributed by atoms with van der Waals surface area (Å²) in [7, 11) is 0. The first kappa shape index (κ1) is 76.6. The molecule has 0 aliphatic carbocycles. The molecule has 1 heterocycles. The van der Waals surface area contributed by atoms with Crippen molar-refractivity contribution in [3.8, 4) is 34.4 Å². The van der Waals surface area contributed by atoms with Crippen LogP contribution in [-0.2, 0) is 77.2 Å². The molecule has 0 bridgehead atoms. The van der Waals surface area contributed by atoms with Crippen LogP contribution >= 0.6 is 0 Å². The second-order valence-corrected chi connectivity index (χ2v) is 28.4. The van der Waals surface area contributed by atoms with Gasteiger partial charge in [-0.05, 0) is 248 Å². The molecule has 8 heteroatoms. The summed E-state index contributed by atoms with van der Waals surface area (Å²) in [6.45, 7) is 23.9. The maximum atomic E-state index is 16.4. The normalized spacial score (nSPS) is 12.8. The minimum Gasteiger partial charge on any atom is -0.493 e. The largest absolute Gasteiger partial charge is 0.493 e. The monoisotopic (exact) mass is 1330 g/mol. The minimum absolute atomic E-state index is 0.191. The number of nitrogens with zero attached hydrogens (tertiary/aromatic N) is 3. The number of hydrogen-bond acceptors (Lipinski definition) is 6. The van der Waals surface area contributed by atoms with Crippen molar-refractivity contribution in [3.63, 3.8) is 0 Å². The van der Waals surface area contributed by atoms with E-state index in [0.29, 0.717) is 48.6 Å². The summed E-state index contributed by atoms with van der Waals surface area (Å²) in [4.78, 5) is 5.22. The number of aromatic nitrogens is 3. The van der Waals surface area contributed by atoms with Crippen molar-refractivity contribution in [1.82, 2.24) is 14.8 Å². The molecule has 0 amide bonds. The van der Waals surface area contributed by atoms with Crippen molar-refractivity contribution in [2.75, 3.05) is 26.4 Å². The summed E-state index contributed by atoms with van der Waals surface area (Å²) in [5.74, 6) is 7.56. The fourth-order valence-electron chi connectivity index (χ4n) is 13.5. The average Bonchev–Trinajstić information content (AvgIpc) is 1.61. The Bertz CT molecular complexity index is 3330. The van der Waals surface area contributed by atoms with Crippen LogP contribution in [0.25, 0.3) is 11.4 Å². The fraction of sp³-hybridized carbons (Fsp3) is 0.511. The van der Waals surface area contributed by atoms with Crippen molar-refractivity contribution >= 4 is 0 Å². The SMILES string of the molecule is CCCCC(CC)COc1ccc(CCc2cc(CCc3ccc(OCC(CC)CCCC)cc3)cc(CCc3cc(-c4nc(CCC)nn4Cc4cc(CCc5ccc(OCC(CC)CCCC)cc5)cc(CCc5ccc(OCC(CC)CCCC)cc5)c4)ccc3F)c2)cc1. The molecule has 0 aliphatic rings. The lowest BCUT2D eigenvalue weighted by Crippen LogP contribution is -2.11. The van der Waals surface area contributed by atoms with Crippen molar-refractivity contribution in [2.45, 2.75) is 249 Å². The molecular weight excluding hydrogens is 1210 g/mol. The Morgan fingerprint density at radius 1 is 0.327 bits per heavy atom. The molecule has 0 fully saturated rings. The Morgan fingerprint density at radius 3 is 0.939 bits per heavy atom. The summed E-state index contributed by atoms with van der Waals surface area (Å²) >= 11 is 0. The summed E-state index contributed by atoms with van der Waals surface area (Å²) in [5, 5.41) is 5.21. The molecule has 7 nitrogen and oxygen atoms in total. The second kappa shape index (κ2) is 42.7. The van der Waals surface area contributed by atoms with Crippen LogP contribution in [0.15, 0.2) is 152 Å². The van der Waals surface area contributed by atoms with E-state index in [1.165, 1.54) is 133 Å². The number of benzene rings is 7. The maximum Gasteiger partial charge on any atom is 0.158 e. The Morgan fingerprint density at radius 2 is 0.633 bits per heavy atom. The topological polar surface area (TPSA) is 67.6 Å². The van der Waals surface area contributed by atoms with Gasteiger partial charge in [0.2, 0.25) is 0 Å². The zero-order valence-electron chi connectivity index (χ0n) is 61.9. The lowest BCUT2D eigenvalue weighted by molar-refractivity contribution is 0.233. The number of rotatable bonds is 48. The van der Waals surface area contributed by atoms with Gasteiger partial charge in [-0.2, -0.15) is 5.10 Å². The van der Waals surface area contributed by atoms with Gasteiger partial charge in [-0.1, -0.05) is 224 Å². The number of hydrogen-bond donors (Lipinski definition) is 0. The molecule has 0 radical (unpaired) electrons. The van der Waals surface area contributed by atoms with Crippen LogP contribution in [0.2, 0.25) is 0 Å². The van der Waals surface area contributed by atoms with Gasteiger partial charge in [0.05, 0.1) is 33.0 Å². The van der Waals surface area contributed by atoms with E-state index in [0.717, 1.165) is 157 Å². The Balaban J connectivity index is 1.00. The van der Waals surface area contributed by atoms with E-state index in [1.54, 1.807) is 6.07 Å². The van der Waals surface area contributed by atoms with Crippen molar-refractivity contribution < 1.29 is 23.3 Å². The van der Waals surface area contributed by atoms with Crippen LogP contribution in [0.1, 0.15) is 238 Å². The average molecular weight is 1330 g/mol. The number of aryl methyl sites for hydroxylation is 11. The van der Waals surface area contributed by atoms with Gasteiger partial charge in [0, 0.05) is 12.0 Å². The van der Waals surface area contributed by atoms with E-state index in [2.05, 4.69) is 200 Å². The first-order valence-corrected chi connectivity index (χ1v) is 38.8. The highest BCUT2D eigenvalue weighted by molar-refractivity contribution is 5.57. The lowest BCUT2D eigenvalue weighted by atomic mass is 9.94. The molecule has 4 atom stereocenters. The first-order valence-electron chi connectivity index (χ1n) is 38.8. The van der Waals surface area contributed by atoms with Crippen LogP contribution in [0, 0.1) is 29.5 Å². The van der Waals surface area contributed by atoms with Gasteiger partial charge in [0.15, 0.2) is 11.6 Å². The molecule has 0 N–H and O–H groups in total. The van der Waals surface area contributed by atoms with E-state index in [4.69, 9.17) is 29.0 Å². The van der Waals surface area contributed by atoms with Gasteiger partial charge in [0.25, 0.3) is 0 Å². The lowest BCUT2D eigenvalue weighted by Gasteiger charge is -2.16. The maximum absolute atomic E-state index is 16.4. The van der Waals surface area contributed by atoms with Gasteiger partial charge in [-0.3, -0.25) is 0 Å². The third-order valence-corrected chi connectivity index (χ3v) is 20.4. The van der Waals surface area contributed by atoms with Crippen molar-refractivity contribution in [3.05, 3.63) is 224 Å². The highest BCUT2D eigenvalue weighted by Crippen LogP contribution is 2.29. The van der Waals surface area contributed by atoms with Gasteiger partial charge in [0.1, 0.15) is 28.8 Å². The summed E-state index contributed by atoms with van der Waals surface area (Å²) in [5.41, 5.74) is 14.4. The highest BCUT2D eigenvalue weighted by atomic mass is 19.1. The Kier molecular flexibility index (Phi) is 33.4. The summed E-state index contributed by atoms with van der Waals surface area (Å²) in [6, 6.07) is 54.9. The van der Waals surface area contributed by atoms with Gasteiger partial charge in [-0.15, -0.1) is 0 Å². The molecular formula is C90H122FN3O4. The zero-order chi connectivity index (χ0) is 69.1. The zero-order valence-corrected chi connectivity index (χ0v) is 61.9. The molecule has 0 spiro atoms. The standard InChI is InChI=1S/C90H122FN3O4/c1-10-19-24-68(15-6)64-95-84-47-37-72(38-48-84)28-32-76-56-77(33-29-73-39-49-85(50-40-73)96-65-69(16-7)25-20-11-2)58-80(57-76)36-45-82-62-83(46-55-88(82)91)90-92-89(23-14-5)93-94(90)63-81-60-78(34-30-74-41-51-86(52-42-74)97-66-70(17-8)26-21-12-3)59-79(61-81)35-31-75-43-53-87(54-44-75)98-67-71(18-9)27-22-13-4/h37-44,46-62,68-71H,10-36,45,63-67H2,1-9H3. The van der Waals surface area contributed by atoms with Crippen LogP contribution in [0.3, 0.4) is 0 Å². The van der Waals surface area contributed by atoms with Crippen molar-refractivity contribution in [2.24, 2.45) is 23.7 Å². The van der Waals surface area contributed by atoms with Crippen LogP contribution in [-0.4, -0.2) is 41.2 Å². The predicted octanol–water partition coefficient (Wildman–Crippen LogP) is 23.4. The third kappa shape index (κ3) is 26.2. The third-order valence-electron chi connectivity index (χ3n) is 20.4. The first-order chi connectivity index (χ1) is 48.0. The highest BCUT2D eigenvalue weighted by Gasteiger charge is 2.18. The molecule has 0 saturated heterocycles. The van der Waals surface area contributed by atoms with Gasteiger partial charge < -0.3 is 18.9 Å². The molecule has 7 aromatic carbocycles. The van der Waals surface area contributed by atoms with Gasteiger partial charge >= 0.3 is 0 Å². The van der Waals surface area contributed by atoms with E-state index < -0.39 is 0 Å². The molecule has 98 heavy (non-hydrogen) atoms. The number of halogens is 1. The predicted molar refractivity (Wildman–Crippen MR) is 409 cm³/mol. The molecule has 0 saturated carbocycles. The number of unbranched alkanes of at least 4 members (excludes halogenated alkanes) is 4. The molecule has 8 rings (SSSR count). The summed E-state index contributed by atoms with van der Waals surface area (Å²) in [6.07, 6.45) is 29.6. The van der Waals surface area contributed by atoms with Crippen LogP contribution < -0.4 is 18.9 Å². The van der Waals surface area contributed by atoms with Crippen LogP contribution in [0.4, 0.5) is 4.39 Å². The van der Waals surface area contributed by atoms with E-state index in [9.17, 15) is 0 Å². The van der Waals surface area contributed by atoms with E-state index >= 15 is 4.39 Å². The van der Waals surface area contributed by atoms with Crippen LogP contribution in [0.5, 0.6) is 23.0 Å². The minimum atomic E-state index is -0.191. The molecule has 0 aliphatic heterocycles. The molecule has 1 aromatic heterocycles. The second-order valence-electron chi connectivity index (χ2n) is 28.4. The Labute approximate surface area is 592 Å². The quantitative estimate of drug-likeness (QED) is 0.0379. The fourth-order valence-corrected chi connectivity index (χ4v) is 13.5. The molecule has 528 valence electrons. The van der Waals surface area contributed by atoms with E-state index in [-0.39, 0.29) is 5.82 Å². The van der Waals surface area contributed by atoms with Gasteiger partial charge in [-0.25, -0.2) is 14.1 Å². The molecule has 8 aromatic rings. The molecule has 4 unspecified atom stereocenters. The Hall–Kier alpha value is -7.19. The van der Waals surface area contributed by atoms with E-state index in [1.807, 2.05) is 12.1 Å². The summed E-state index contributed by atoms with van der Waals surface area (Å²) < 4.78 is 43.7. The smallest absolute Gasteiger partial charge is 0.158 e.